The summed E-state index contributed by atoms with van der Waals surface area (Å²) in [5, 5.41) is 7.63. The minimum Gasteiger partial charge on any atom is -0.476 e. The molecule has 84 valence electrons. The van der Waals surface area contributed by atoms with Crippen molar-refractivity contribution in [1.29, 1.82) is 0 Å². The summed E-state index contributed by atoms with van der Waals surface area (Å²) in [6, 6.07) is 7.54. The molecule has 3 nitrogen and oxygen atoms in total. The van der Waals surface area contributed by atoms with Crippen molar-refractivity contribution in [3.05, 3.63) is 33.9 Å². The predicted molar refractivity (Wildman–Crippen MR) is 67.9 cm³/mol. The highest BCUT2D eigenvalue weighted by Gasteiger charge is 2.14. The molecule has 0 aliphatic carbocycles. The monoisotopic (exact) mass is 300 g/mol. The summed E-state index contributed by atoms with van der Waals surface area (Å²) in [4.78, 5) is 0. The van der Waals surface area contributed by atoms with Crippen LogP contribution in [0.3, 0.4) is 0 Å². The van der Waals surface area contributed by atoms with Crippen molar-refractivity contribution in [1.82, 2.24) is 10.2 Å². The summed E-state index contributed by atoms with van der Waals surface area (Å²) in [5.41, 5.74) is 1.92. The first-order valence-electron chi connectivity index (χ1n) is 4.85. The molecule has 0 bridgehead atoms. The van der Waals surface area contributed by atoms with Crippen LogP contribution in [0.4, 0.5) is 0 Å². The molecule has 0 saturated carbocycles. The first-order valence-corrected chi connectivity index (χ1v) is 6.02. The molecular formula is C11H10BrClN2O. The lowest BCUT2D eigenvalue weighted by Gasteiger charge is -2.03. The molecule has 1 N–H and O–H groups in total. The van der Waals surface area contributed by atoms with E-state index < -0.39 is 0 Å². The Hall–Kier alpha value is -1.00. The Labute approximate surface area is 107 Å². The summed E-state index contributed by atoms with van der Waals surface area (Å²) in [6.45, 7) is 2.51. The molecule has 0 aliphatic rings. The van der Waals surface area contributed by atoms with Crippen molar-refractivity contribution in [2.75, 3.05) is 6.61 Å². The van der Waals surface area contributed by atoms with Gasteiger partial charge in [0.2, 0.25) is 5.88 Å². The number of benzene rings is 1. The predicted octanol–water partition coefficient (Wildman–Crippen LogP) is 3.89. The summed E-state index contributed by atoms with van der Waals surface area (Å²) in [5.74, 6) is 0.594. The Morgan fingerprint density at radius 3 is 2.69 bits per heavy atom. The maximum atomic E-state index is 5.85. The molecule has 0 radical (unpaired) electrons. The summed E-state index contributed by atoms with van der Waals surface area (Å²) < 4.78 is 6.24. The SMILES string of the molecule is CCOc1n[nH]c(Br)c1-c1ccc(Cl)cc1. The molecule has 0 atom stereocenters. The lowest BCUT2D eigenvalue weighted by atomic mass is 10.1. The second kappa shape index (κ2) is 4.89. The van der Waals surface area contributed by atoms with E-state index in [1.54, 1.807) is 0 Å². The highest BCUT2D eigenvalue weighted by molar-refractivity contribution is 9.10. The highest BCUT2D eigenvalue weighted by Crippen LogP contribution is 2.35. The average Bonchev–Trinajstić information content (AvgIpc) is 2.62. The molecular weight excluding hydrogens is 291 g/mol. The molecule has 2 aromatic rings. The van der Waals surface area contributed by atoms with Gasteiger partial charge in [-0.05, 0) is 40.5 Å². The van der Waals surface area contributed by atoms with Crippen LogP contribution in [0.5, 0.6) is 5.88 Å². The maximum absolute atomic E-state index is 5.85. The number of hydrogen-bond donors (Lipinski definition) is 1. The van der Waals surface area contributed by atoms with Gasteiger partial charge in [0.1, 0.15) is 4.60 Å². The number of H-pyrrole nitrogens is 1. The third-order valence-electron chi connectivity index (χ3n) is 2.10. The minimum atomic E-state index is 0.581. The van der Waals surface area contributed by atoms with Gasteiger partial charge < -0.3 is 4.74 Å². The number of nitrogens with zero attached hydrogens (tertiary/aromatic N) is 1. The molecule has 0 fully saturated rings. The molecule has 2 rings (SSSR count). The largest absolute Gasteiger partial charge is 0.476 e. The topological polar surface area (TPSA) is 37.9 Å². The third-order valence-corrected chi connectivity index (χ3v) is 2.93. The number of nitrogens with one attached hydrogen (secondary N) is 1. The zero-order chi connectivity index (χ0) is 11.5. The van der Waals surface area contributed by atoms with E-state index >= 15 is 0 Å². The second-order valence-corrected chi connectivity index (χ2v) is 4.39. The van der Waals surface area contributed by atoms with Gasteiger partial charge in [0, 0.05) is 5.02 Å². The van der Waals surface area contributed by atoms with Crippen molar-refractivity contribution in [2.24, 2.45) is 0 Å². The van der Waals surface area contributed by atoms with Gasteiger partial charge in [0.25, 0.3) is 0 Å². The third kappa shape index (κ3) is 2.23. The van der Waals surface area contributed by atoms with E-state index in [0.29, 0.717) is 17.5 Å². The Morgan fingerprint density at radius 1 is 1.38 bits per heavy atom. The molecule has 0 unspecified atom stereocenters. The first-order chi connectivity index (χ1) is 7.72. The molecule has 0 aliphatic heterocycles. The van der Waals surface area contributed by atoms with E-state index in [9.17, 15) is 0 Å². The van der Waals surface area contributed by atoms with Crippen molar-refractivity contribution >= 4 is 27.5 Å². The number of aromatic nitrogens is 2. The van der Waals surface area contributed by atoms with Crippen LogP contribution in [0.1, 0.15) is 6.92 Å². The van der Waals surface area contributed by atoms with Crippen LogP contribution in [0.2, 0.25) is 5.02 Å². The minimum absolute atomic E-state index is 0.581. The van der Waals surface area contributed by atoms with Crippen LogP contribution in [-0.4, -0.2) is 16.8 Å². The van der Waals surface area contributed by atoms with Gasteiger partial charge in [-0.2, -0.15) is 0 Å². The van der Waals surface area contributed by atoms with Gasteiger partial charge in [-0.3, -0.25) is 5.10 Å². The normalized spacial score (nSPS) is 10.4. The smallest absolute Gasteiger partial charge is 0.241 e. The van der Waals surface area contributed by atoms with Crippen LogP contribution >= 0.6 is 27.5 Å². The lowest BCUT2D eigenvalue weighted by Crippen LogP contribution is -1.93. The molecule has 0 amide bonds. The highest BCUT2D eigenvalue weighted by atomic mass is 79.9. The van der Waals surface area contributed by atoms with E-state index in [1.165, 1.54) is 0 Å². The van der Waals surface area contributed by atoms with Gasteiger partial charge in [-0.15, -0.1) is 5.10 Å². The van der Waals surface area contributed by atoms with Gasteiger partial charge in [0.05, 0.1) is 12.2 Å². The summed E-state index contributed by atoms with van der Waals surface area (Å²) >= 11 is 9.26. The van der Waals surface area contributed by atoms with Crippen molar-refractivity contribution in [3.63, 3.8) is 0 Å². The van der Waals surface area contributed by atoms with Gasteiger partial charge in [0.15, 0.2) is 0 Å². The number of rotatable bonds is 3. The lowest BCUT2D eigenvalue weighted by molar-refractivity contribution is 0.327. The van der Waals surface area contributed by atoms with Gasteiger partial charge in [-0.25, -0.2) is 0 Å². The van der Waals surface area contributed by atoms with Crippen LogP contribution in [-0.2, 0) is 0 Å². The van der Waals surface area contributed by atoms with Gasteiger partial charge in [-0.1, -0.05) is 23.7 Å². The summed E-state index contributed by atoms with van der Waals surface area (Å²) in [7, 11) is 0. The summed E-state index contributed by atoms with van der Waals surface area (Å²) in [6.07, 6.45) is 0. The fourth-order valence-electron chi connectivity index (χ4n) is 1.41. The van der Waals surface area contributed by atoms with Crippen LogP contribution in [0.25, 0.3) is 11.1 Å². The van der Waals surface area contributed by atoms with Crippen molar-refractivity contribution in [3.8, 4) is 17.0 Å². The van der Waals surface area contributed by atoms with Crippen molar-refractivity contribution < 1.29 is 4.74 Å². The Bertz CT molecular complexity index is 481. The fourth-order valence-corrected chi connectivity index (χ4v) is 2.03. The standard InChI is InChI=1S/C11H10BrClN2O/c1-2-16-11-9(10(12)14-15-11)7-3-5-8(13)6-4-7/h3-6H,2H2,1H3,(H,14,15). The molecule has 1 aromatic carbocycles. The zero-order valence-electron chi connectivity index (χ0n) is 8.63. The number of halogens is 2. The first kappa shape index (κ1) is 11.5. The molecule has 1 aromatic heterocycles. The van der Waals surface area contributed by atoms with E-state index in [2.05, 4.69) is 26.1 Å². The molecule has 16 heavy (non-hydrogen) atoms. The van der Waals surface area contributed by atoms with E-state index in [-0.39, 0.29) is 0 Å². The Morgan fingerprint density at radius 2 is 2.06 bits per heavy atom. The number of ether oxygens (including phenoxy) is 1. The Kier molecular flexibility index (Phi) is 3.51. The van der Waals surface area contributed by atoms with E-state index in [0.717, 1.165) is 15.7 Å². The van der Waals surface area contributed by atoms with Gasteiger partial charge >= 0.3 is 0 Å². The number of hydrogen-bond acceptors (Lipinski definition) is 2. The van der Waals surface area contributed by atoms with Crippen molar-refractivity contribution in [2.45, 2.75) is 6.92 Å². The van der Waals surface area contributed by atoms with E-state index in [1.807, 2.05) is 31.2 Å². The van der Waals surface area contributed by atoms with Crippen LogP contribution < -0.4 is 4.74 Å². The van der Waals surface area contributed by atoms with Crippen LogP contribution in [0.15, 0.2) is 28.9 Å². The molecule has 0 spiro atoms. The Balaban J connectivity index is 2.45. The fraction of sp³-hybridized carbons (Fsp3) is 0.182. The molecule has 5 heteroatoms. The quantitative estimate of drug-likeness (QED) is 0.934. The molecule has 1 heterocycles. The second-order valence-electron chi connectivity index (χ2n) is 3.16. The molecule has 0 saturated heterocycles. The van der Waals surface area contributed by atoms with E-state index in [4.69, 9.17) is 16.3 Å². The zero-order valence-corrected chi connectivity index (χ0v) is 11.0. The maximum Gasteiger partial charge on any atom is 0.241 e. The average molecular weight is 302 g/mol. The van der Waals surface area contributed by atoms with Crippen LogP contribution in [0, 0.1) is 0 Å². The number of aromatic amines is 1.